The number of piperidine rings is 1. The molecule has 1 aliphatic heterocycles. The van der Waals surface area contributed by atoms with E-state index < -0.39 is 0 Å². The van der Waals surface area contributed by atoms with Crippen LogP contribution in [0.15, 0.2) is 60.0 Å². The van der Waals surface area contributed by atoms with Crippen molar-refractivity contribution in [2.75, 3.05) is 25.1 Å². The largest absolute Gasteiger partial charge is 0.497 e. The van der Waals surface area contributed by atoms with Gasteiger partial charge in [0.15, 0.2) is 0 Å². The molecule has 0 aliphatic carbocycles. The molecule has 0 unspecified atom stereocenters. The highest BCUT2D eigenvalue weighted by Crippen LogP contribution is 2.40. The lowest BCUT2D eigenvalue weighted by Gasteiger charge is -2.33. The van der Waals surface area contributed by atoms with Crippen molar-refractivity contribution in [2.24, 2.45) is 5.92 Å². The number of hydrogen-bond acceptors (Lipinski definition) is 5. The molecule has 0 bridgehead atoms. The third-order valence-corrected chi connectivity index (χ3v) is 7.08. The Morgan fingerprint density at radius 3 is 2.45 bits per heavy atom. The van der Waals surface area contributed by atoms with E-state index in [2.05, 4.69) is 52.7 Å². The number of aromatic nitrogens is 2. The summed E-state index contributed by atoms with van der Waals surface area (Å²) in [7, 11) is 1.70. The summed E-state index contributed by atoms with van der Waals surface area (Å²) in [6, 6.07) is 19.1. The van der Waals surface area contributed by atoms with Crippen molar-refractivity contribution < 1.29 is 4.74 Å². The van der Waals surface area contributed by atoms with Gasteiger partial charge in [-0.05, 0) is 55.4 Å². The molecule has 5 rings (SSSR count). The second-order valence-corrected chi connectivity index (χ2v) is 9.13. The molecule has 5 heteroatoms. The Bertz CT molecular complexity index is 1160. The summed E-state index contributed by atoms with van der Waals surface area (Å²) >= 11 is 1.70. The monoisotopic (exact) mass is 429 g/mol. The Hall–Kier alpha value is -2.92. The summed E-state index contributed by atoms with van der Waals surface area (Å²) in [5, 5.41) is 3.40. The van der Waals surface area contributed by atoms with Crippen molar-refractivity contribution in [2.45, 2.75) is 26.2 Å². The molecule has 0 radical (unpaired) electrons. The van der Waals surface area contributed by atoms with E-state index in [1.807, 2.05) is 19.1 Å². The van der Waals surface area contributed by atoms with Crippen LogP contribution in [0.25, 0.3) is 21.3 Å². The van der Waals surface area contributed by atoms with E-state index in [1.165, 1.54) is 41.3 Å². The maximum absolute atomic E-state index is 5.33. The quantitative estimate of drug-likeness (QED) is 0.382. The molecule has 4 aromatic rings. The van der Waals surface area contributed by atoms with E-state index in [0.29, 0.717) is 0 Å². The second kappa shape index (κ2) is 8.67. The third-order valence-electron chi connectivity index (χ3n) is 6.21. The van der Waals surface area contributed by atoms with Gasteiger partial charge in [-0.25, -0.2) is 9.97 Å². The van der Waals surface area contributed by atoms with Gasteiger partial charge in [0.1, 0.15) is 22.2 Å². The van der Waals surface area contributed by atoms with Crippen molar-refractivity contribution >= 4 is 27.4 Å². The molecule has 1 saturated heterocycles. The molecular formula is C26H27N3OS. The second-order valence-electron chi connectivity index (χ2n) is 8.27. The van der Waals surface area contributed by atoms with Gasteiger partial charge in [0.25, 0.3) is 0 Å². The van der Waals surface area contributed by atoms with Crippen LogP contribution in [0.3, 0.4) is 0 Å². The fraction of sp³-hybridized carbons (Fsp3) is 0.308. The lowest BCUT2D eigenvalue weighted by molar-refractivity contribution is 0.402. The van der Waals surface area contributed by atoms with Gasteiger partial charge in [-0.3, -0.25) is 0 Å². The molecule has 2 aromatic carbocycles. The van der Waals surface area contributed by atoms with Crippen molar-refractivity contribution in [3.05, 3.63) is 71.4 Å². The van der Waals surface area contributed by atoms with E-state index in [-0.39, 0.29) is 0 Å². The highest BCUT2D eigenvalue weighted by molar-refractivity contribution is 7.17. The number of aryl methyl sites for hydroxylation is 1. The molecule has 0 atom stereocenters. The van der Waals surface area contributed by atoms with Crippen LogP contribution in [0.1, 0.15) is 24.2 Å². The number of thiophene rings is 1. The first-order chi connectivity index (χ1) is 15.2. The molecular weight excluding hydrogens is 402 g/mol. The van der Waals surface area contributed by atoms with Crippen molar-refractivity contribution in [3.8, 4) is 16.9 Å². The molecule has 3 heterocycles. The molecule has 31 heavy (non-hydrogen) atoms. The van der Waals surface area contributed by atoms with Crippen LogP contribution in [-0.4, -0.2) is 30.2 Å². The zero-order valence-electron chi connectivity index (χ0n) is 18.0. The molecule has 1 aliphatic rings. The topological polar surface area (TPSA) is 38.3 Å². The minimum atomic E-state index is 0.737. The molecule has 1 fully saturated rings. The highest BCUT2D eigenvalue weighted by Gasteiger charge is 2.24. The van der Waals surface area contributed by atoms with Crippen LogP contribution in [-0.2, 0) is 6.42 Å². The number of benzene rings is 2. The molecule has 2 aromatic heterocycles. The van der Waals surface area contributed by atoms with E-state index in [4.69, 9.17) is 14.7 Å². The Kier molecular flexibility index (Phi) is 5.60. The van der Waals surface area contributed by atoms with E-state index >= 15 is 0 Å². The number of fused-ring (bicyclic) bond motifs is 1. The number of hydrogen-bond donors (Lipinski definition) is 0. The van der Waals surface area contributed by atoms with E-state index in [1.54, 1.807) is 18.4 Å². The molecule has 4 nitrogen and oxygen atoms in total. The highest BCUT2D eigenvalue weighted by atomic mass is 32.1. The maximum Gasteiger partial charge on any atom is 0.141 e. The van der Waals surface area contributed by atoms with Crippen LogP contribution in [0.4, 0.5) is 5.82 Å². The molecule has 0 N–H and O–H groups in total. The van der Waals surface area contributed by atoms with Crippen molar-refractivity contribution in [1.29, 1.82) is 0 Å². The zero-order chi connectivity index (χ0) is 21.2. The van der Waals surface area contributed by atoms with Crippen LogP contribution in [0, 0.1) is 12.8 Å². The average Bonchev–Trinajstić information content (AvgIpc) is 3.23. The zero-order valence-corrected chi connectivity index (χ0v) is 18.9. The number of nitrogens with zero attached hydrogens (tertiary/aromatic N) is 3. The molecule has 0 spiro atoms. The van der Waals surface area contributed by atoms with Crippen LogP contribution >= 0.6 is 11.3 Å². The first-order valence-electron chi connectivity index (χ1n) is 10.9. The molecule has 0 saturated carbocycles. The summed E-state index contributed by atoms with van der Waals surface area (Å²) in [4.78, 5) is 13.2. The molecule has 158 valence electrons. The fourth-order valence-electron chi connectivity index (χ4n) is 4.54. The van der Waals surface area contributed by atoms with Gasteiger partial charge in [-0.1, -0.05) is 42.5 Å². The predicted octanol–water partition coefficient (Wildman–Crippen LogP) is 6.13. The van der Waals surface area contributed by atoms with Gasteiger partial charge >= 0.3 is 0 Å². The Morgan fingerprint density at radius 2 is 1.74 bits per heavy atom. The summed E-state index contributed by atoms with van der Waals surface area (Å²) < 4.78 is 5.33. The van der Waals surface area contributed by atoms with Crippen LogP contribution in [0.2, 0.25) is 0 Å². The smallest absolute Gasteiger partial charge is 0.141 e. The fourth-order valence-corrected chi connectivity index (χ4v) is 5.52. The number of methoxy groups -OCH3 is 1. The van der Waals surface area contributed by atoms with Gasteiger partial charge in [-0.2, -0.15) is 0 Å². The van der Waals surface area contributed by atoms with Gasteiger partial charge in [0.2, 0.25) is 0 Å². The standard InChI is InChI=1S/C26H27N3OS/c1-18-27-25(29-14-12-20(13-15-29)16-19-6-4-3-5-7-19)24-23(17-31-26(24)28-18)21-8-10-22(30-2)11-9-21/h3-11,17,20H,12-16H2,1-2H3. The Morgan fingerprint density at radius 1 is 1.00 bits per heavy atom. The number of ether oxygens (including phenoxy) is 1. The predicted molar refractivity (Wildman–Crippen MR) is 129 cm³/mol. The van der Waals surface area contributed by atoms with Crippen molar-refractivity contribution in [3.63, 3.8) is 0 Å². The average molecular weight is 430 g/mol. The number of rotatable bonds is 5. The third kappa shape index (κ3) is 4.15. The Labute approximate surface area is 187 Å². The van der Waals surface area contributed by atoms with Crippen LogP contribution < -0.4 is 9.64 Å². The summed E-state index contributed by atoms with van der Waals surface area (Å²) in [5.74, 6) is 3.54. The first kappa shape index (κ1) is 20.0. The molecule has 0 amide bonds. The summed E-state index contributed by atoms with van der Waals surface area (Å²) in [6.45, 7) is 4.08. The van der Waals surface area contributed by atoms with Crippen LogP contribution in [0.5, 0.6) is 5.75 Å². The first-order valence-corrected chi connectivity index (χ1v) is 11.8. The van der Waals surface area contributed by atoms with E-state index in [0.717, 1.165) is 41.2 Å². The van der Waals surface area contributed by atoms with Gasteiger partial charge in [-0.15, -0.1) is 11.3 Å². The minimum absolute atomic E-state index is 0.737. The SMILES string of the molecule is COc1ccc(-c2csc3nc(C)nc(N4CCC(Cc5ccccc5)CC4)c23)cc1. The lowest BCUT2D eigenvalue weighted by Crippen LogP contribution is -2.35. The minimum Gasteiger partial charge on any atom is -0.497 e. The lowest BCUT2D eigenvalue weighted by atomic mass is 9.90. The van der Waals surface area contributed by atoms with Crippen molar-refractivity contribution in [1.82, 2.24) is 9.97 Å². The Balaban J connectivity index is 1.42. The van der Waals surface area contributed by atoms with Gasteiger partial charge in [0.05, 0.1) is 12.5 Å². The summed E-state index contributed by atoms with van der Waals surface area (Å²) in [6.07, 6.45) is 3.56. The van der Waals surface area contributed by atoms with Gasteiger partial charge in [0, 0.05) is 24.0 Å². The summed E-state index contributed by atoms with van der Waals surface area (Å²) in [5.41, 5.74) is 3.84. The number of anilines is 1. The maximum atomic E-state index is 5.33. The normalized spacial score (nSPS) is 14.8. The van der Waals surface area contributed by atoms with Gasteiger partial charge < -0.3 is 9.64 Å². The van der Waals surface area contributed by atoms with E-state index in [9.17, 15) is 0 Å².